The van der Waals surface area contributed by atoms with Crippen LogP contribution in [0.5, 0.6) is 0 Å². The van der Waals surface area contributed by atoms with Gasteiger partial charge in [-0.1, -0.05) is 20.8 Å². The Bertz CT molecular complexity index is 424. The summed E-state index contributed by atoms with van der Waals surface area (Å²) in [5.74, 6) is 0.140. The maximum absolute atomic E-state index is 11.7. The van der Waals surface area contributed by atoms with Gasteiger partial charge in [-0.2, -0.15) is 0 Å². The number of carbonyl (C=O) groups excluding carboxylic acids is 2. The topological polar surface area (TPSA) is 55.4 Å². The van der Waals surface area contributed by atoms with Gasteiger partial charge in [0.15, 0.2) is 0 Å². The third kappa shape index (κ3) is 5.55. The van der Waals surface area contributed by atoms with Crippen LogP contribution in [0.15, 0.2) is 24.3 Å². The maximum Gasteiger partial charge on any atom is 0.338 e. The van der Waals surface area contributed by atoms with Crippen molar-refractivity contribution in [3.05, 3.63) is 29.8 Å². The number of rotatable bonds is 6. The van der Waals surface area contributed by atoms with Crippen molar-refractivity contribution in [1.29, 1.82) is 0 Å². The summed E-state index contributed by atoms with van der Waals surface area (Å²) in [5, 5.41) is 2.72. The highest BCUT2D eigenvalue weighted by Crippen LogP contribution is 2.11. The largest absolute Gasteiger partial charge is 0.462 e. The molecule has 1 amide bonds. The van der Waals surface area contributed by atoms with Crippen LogP contribution in [0.4, 0.5) is 5.69 Å². The highest BCUT2D eigenvalue weighted by Gasteiger charge is 2.07. The van der Waals surface area contributed by atoms with Gasteiger partial charge in [-0.25, -0.2) is 4.79 Å². The zero-order chi connectivity index (χ0) is 14.3. The molecule has 0 spiro atoms. The molecule has 0 fully saturated rings. The van der Waals surface area contributed by atoms with Gasteiger partial charge in [0.2, 0.25) is 5.91 Å². The third-order valence-electron chi connectivity index (χ3n) is 2.65. The minimum Gasteiger partial charge on any atom is -0.462 e. The molecule has 1 rings (SSSR count). The predicted octanol–water partition coefficient (Wildman–Crippen LogP) is 3.24. The highest BCUT2D eigenvalue weighted by atomic mass is 16.5. The summed E-state index contributed by atoms with van der Waals surface area (Å²) < 4.78 is 5.15. The summed E-state index contributed by atoms with van der Waals surface area (Å²) >= 11 is 0. The number of carbonyl (C=O) groups is 2. The van der Waals surface area contributed by atoms with E-state index in [9.17, 15) is 9.59 Å². The molecule has 0 atom stereocenters. The van der Waals surface area contributed by atoms with Crippen LogP contribution >= 0.6 is 0 Å². The van der Waals surface area contributed by atoms with Crippen LogP contribution in [-0.2, 0) is 9.53 Å². The van der Waals surface area contributed by atoms with Gasteiger partial charge in [0, 0.05) is 12.1 Å². The fourth-order valence-corrected chi connectivity index (χ4v) is 1.41. The first-order valence-electron chi connectivity index (χ1n) is 6.60. The molecule has 4 nitrogen and oxygen atoms in total. The molecule has 4 heteroatoms. The van der Waals surface area contributed by atoms with E-state index in [2.05, 4.69) is 19.2 Å². The van der Waals surface area contributed by atoms with E-state index in [-0.39, 0.29) is 11.9 Å². The molecule has 19 heavy (non-hydrogen) atoms. The first kappa shape index (κ1) is 15.2. The van der Waals surface area contributed by atoms with Crippen molar-refractivity contribution in [2.75, 3.05) is 11.9 Å². The molecule has 0 aromatic heterocycles. The molecule has 0 aliphatic carbocycles. The van der Waals surface area contributed by atoms with Crippen LogP contribution in [0.25, 0.3) is 0 Å². The summed E-state index contributed by atoms with van der Waals surface area (Å²) in [6.07, 6.45) is 1.29. The van der Waals surface area contributed by atoms with Crippen LogP contribution in [0.2, 0.25) is 0 Å². The average molecular weight is 263 g/mol. The van der Waals surface area contributed by atoms with Crippen molar-refractivity contribution < 1.29 is 14.3 Å². The Morgan fingerprint density at radius 3 is 2.37 bits per heavy atom. The van der Waals surface area contributed by atoms with Crippen molar-refractivity contribution >= 4 is 17.6 Å². The van der Waals surface area contributed by atoms with E-state index >= 15 is 0 Å². The summed E-state index contributed by atoms with van der Waals surface area (Å²) in [6, 6.07) is 6.71. The second-order valence-electron chi connectivity index (χ2n) is 4.80. The molecule has 1 aromatic rings. The first-order valence-corrected chi connectivity index (χ1v) is 6.60. The summed E-state index contributed by atoms with van der Waals surface area (Å²) in [6.45, 7) is 6.39. The van der Waals surface area contributed by atoms with Gasteiger partial charge in [0.05, 0.1) is 12.2 Å². The number of nitrogens with one attached hydrogen (secondary N) is 1. The van der Waals surface area contributed by atoms with E-state index in [1.54, 1.807) is 31.2 Å². The number of esters is 1. The lowest BCUT2D eigenvalue weighted by Gasteiger charge is -2.07. The SMILES string of the molecule is CCC(=O)Nc1ccc(C(=O)OCCC(C)C)cc1. The van der Waals surface area contributed by atoms with Gasteiger partial charge in [0.25, 0.3) is 0 Å². The maximum atomic E-state index is 11.7. The van der Waals surface area contributed by atoms with Gasteiger partial charge in [-0.15, -0.1) is 0 Å². The molecule has 1 N–H and O–H groups in total. The Balaban J connectivity index is 2.51. The number of hydrogen-bond acceptors (Lipinski definition) is 3. The molecule has 0 heterocycles. The Hall–Kier alpha value is -1.84. The lowest BCUT2D eigenvalue weighted by Crippen LogP contribution is -2.10. The van der Waals surface area contributed by atoms with E-state index in [1.165, 1.54) is 0 Å². The fraction of sp³-hybridized carbons (Fsp3) is 0.467. The third-order valence-corrected chi connectivity index (χ3v) is 2.65. The Morgan fingerprint density at radius 2 is 1.84 bits per heavy atom. The molecule has 0 aliphatic heterocycles. The van der Waals surface area contributed by atoms with E-state index in [1.807, 2.05) is 0 Å². The van der Waals surface area contributed by atoms with Crippen molar-refractivity contribution in [2.24, 2.45) is 5.92 Å². The second-order valence-corrected chi connectivity index (χ2v) is 4.80. The number of ether oxygens (including phenoxy) is 1. The Kier molecular flexibility index (Phi) is 6.06. The van der Waals surface area contributed by atoms with Crippen molar-refractivity contribution in [3.8, 4) is 0 Å². The van der Waals surface area contributed by atoms with Gasteiger partial charge in [-0.05, 0) is 36.6 Å². The van der Waals surface area contributed by atoms with Gasteiger partial charge < -0.3 is 10.1 Å². The number of benzene rings is 1. The Morgan fingerprint density at radius 1 is 1.21 bits per heavy atom. The normalized spacial score (nSPS) is 10.3. The second kappa shape index (κ2) is 7.56. The van der Waals surface area contributed by atoms with E-state index in [0.717, 1.165) is 6.42 Å². The monoisotopic (exact) mass is 263 g/mol. The van der Waals surface area contributed by atoms with Crippen LogP contribution in [0.1, 0.15) is 44.0 Å². The first-order chi connectivity index (χ1) is 9.02. The predicted molar refractivity (Wildman–Crippen MR) is 75.1 cm³/mol. The van der Waals surface area contributed by atoms with Crippen LogP contribution in [0.3, 0.4) is 0 Å². The molecule has 0 bridgehead atoms. The molecule has 0 radical (unpaired) electrons. The molecule has 0 unspecified atom stereocenters. The van der Waals surface area contributed by atoms with Gasteiger partial charge in [-0.3, -0.25) is 4.79 Å². The number of hydrogen-bond donors (Lipinski definition) is 1. The van der Waals surface area contributed by atoms with Crippen molar-refractivity contribution in [3.63, 3.8) is 0 Å². The van der Waals surface area contributed by atoms with Crippen LogP contribution < -0.4 is 5.32 Å². The quantitative estimate of drug-likeness (QED) is 0.802. The molecule has 0 aliphatic rings. The summed E-state index contributed by atoms with van der Waals surface area (Å²) in [7, 11) is 0. The van der Waals surface area contributed by atoms with E-state index in [4.69, 9.17) is 4.74 Å². The summed E-state index contributed by atoms with van der Waals surface area (Å²) in [4.78, 5) is 22.9. The average Bonchev–Trinajstić information content (AvgIpc) is 2.38. The molecule has 0 saturated heterocycles. The summed E-state index contributed by atoms with van der Waals surface area (Å²) in [5.41, 5.74) is 1.18. The van der Waals surface area contributed by atoms with Crippen LogP contribution in [0, 0.1) is 5.92 Å². The minimum atomic E-state index is -0.325. The van der Waals surface area contributed by atoms with Crippen LogP contribution in [-0.4, -0.2) is 18.5 Å². The molecule has 0 saturated carbocycles. The number of amides is 1. The van der Waals surface area contributed by atoms with E-state index < -0.39 is 0 Å². The zero-order valence-corrected chi connectivity index (χ0v) is 11.7. The molecule has 1 aromatic carbocycles. The van der Waals surface area contributed by atoms with Gasteiger partial charge in [0.1, 0.15) is 0 Å². The molecular formula is C15H21NO3. The minimum absolute atomic E-state index is 0.0488. The van der Waals surface area contributed by atoms with E-state index in [0.29, 0.717) is 30.2 Å². The lowest BCUT2D eigenvalue weighted by atomic mass is 10.1. The number of anilines is 1. The molecular weight excluding hydrogens is 242 g/mol. The lowest BCUT2D eigenvalue weighted by molar-refractivity contribution is -0.115. The molecule has 104 valence electrons. The zero-order valence-electron chi connectivity index (χ0n) is 11.7. The fourth-order valence-electron chi connectivity index (χ4n) is 1.41. The van der Waals surface area contributed by atoms with Crippen molar-refractivity contribution in [2.45, 2.75) is 33.6 Å². The smallest absolute Gasteiger partial charge is 0.338 e. The standard InChI is InChI=1S/C15H21NO3/c1-4-14(17)16-13-7-5-12(6-8-13)15(18)19-10-9-11(2)3/h5-8,11H,4,9-10H2,1-3H3,(H,16,17). The van der Waals surface area contributed by atoms with Crippen molar-refractivity contribution in [1.82, 2.24) is 0 Å². The van der Waals surface area contributed by atoms with Gasteiger partial charge >= 0.3 is 5.97 Å². The highest BCUT2D eigenvalue weighted by molar-refractivity contribution is 5.92. The Labute approximate surface area is 114 Å².